The van der Waals surface area contributed by atoms with Gasteiger partial charge in [-0.3, -0.25) is 19.2 Å². The van der Waals surface area contributed by atoms with Crippen molar-refractivity contribution in [2.45, 2.75) is 38.8 Å². The van der Waals surface area contributed by atoms with E-state index >= 15 is 0 Å². The maximum atomic E-state index is 11.4. The van der Waals surface area contributed by atoms with Crippen LogP contribution < -0.4 is 22.9 Å². The smallest absolute Gasteiger partial charge is 0.166 e. The fourth-order valence-corrected chi connectivity index (χ4v) is 1.61. The Kier molecular flexibility index (Phi) is 8.28. The van der Waals surface area contributed by atoms with Gasteiger partial charge in [0.05, 0.1) is 0 Å². The van der Waals surface area contributed by atoms with Crippen molar-refractivity contribution >= 4 is 23.1 Å². The van der Waals surface area contributed by atoms with E-state index in [4.69, 9.17) is 22.9 Å². The summed E-state index contributed by atoms with van der Waals surface area (Å²) < 4.78 is 0. The fraction of sp³-hybridized carbons (Fsp3) is 0.667. The minimum Gasteiger partial charge on any atom is -0.329 e. The highest BCUT2D eigenvalue weighted by Gasteiger charge is 2.59. The molecule has 8 N–H and O–H groups in total. The van der Waals surface area contributed by atoms with Crippen LogP contribution in [0.5, 0.6) is 0 Å². The zero-order valence-corrected chi connectivity index (χ0v) is 12.4. The first kappa shape index (κ1) is 20.8. The number of rotatable bonds is 6. The lowest BCUT2D eigenvalue weighted by atomic mass is 9.68. The van der Waals surface area contributed by atoms with Gasteiger partial charge in [-0.1, -0.05) is 0 Å². The number of Topliss-reactive ketones (excluding diaryl/α,β-unsaturated/α-hetero) is 4. The first-order chi connectivity index (χ1) is 8.94. The quantitative estimate of drug-likeness (QED) is 0.393. The van der Waals surface area contributed by atoms with Crippen molar-refractivity contribution in [3.8, 4) is 0 Å². The van der Waals surface area contributed by atoms with Crippen LogP contribution in [0.15, 0.2) is 0 Å². The van der Waals surface area contributed by atoms with Crippen molar-refractivity contribution < 1.29 is 19.2 Å². The van der Waals surface area contributed by atoms with E-state index in [9.17, 15) is 19.2 Å². The highest BCUT2D eigenvalue weighted by Crippen LogP contribution is 2.22. The molecular formula is C12H24N4O4. The Labute approximate surface area is 118 Å². The van der Waals surface area contributed by atoms with Gasteiger partial charge in [-0.15, -0.1) is 0 Å². The molecule has 0 radical (unpaired) electrons. The third-order valence-corrected chi connectivity index (χ3v) is 3.01. The summed E-state index contributed by atoms with van der Waals surface area (Å²) in [5.74, 6) is -3.25. The first-order valence-corrected chi connectivity index (χ1v) is 5.96. The number of hydrogen-bond donors (Lipinski definition) is 4. The average Bonchev–Trinajstić information content (AvgIpc) is 2.35. The van der Waals surface area contributed by atoms with Gasteiger partial charge >= 0.3 is 0 Å². The second-order valence-electron chi connectivity index (χ2n) is 4.42. The minimum atomic E-state index is -2.30. The lowest BCUT2D eigenvalue weighted by molar-refractivity contribution is -0.147. The normalized spacial score (nSPS) is 11.2. The van der Waals surface area contributed by atoms with Crippen LogP contribution in [-0.2, 0) is 19.2 Å². The summed E-state index contributed by atoms with van der Waals surface area (Å²) in [5, 5.41) is 0. The Morgan fingerprint density at radius 1 is 0.650 bits per heavy atom. The second kappa shape index (κ2) is 7.95. The zero-order chi connectivity index (χ0) is 16.7. The van der Waals surface area contributed by atoms with Gasteiger partial charge in [0.2, 0.25) is 0 Å². The molecule has 0 fully saturated rings. The highest BCUT2D eigenvalue weighted by molar-refractivity contribution is 6.25. The largest absolute Gasteiger partial charge is 0.329 e. The molecule has 0 aromatic carbocycles. The van der Waals surface area contributed by atoms with Crippen molar-refractivity contribution in [3.05, 3.63) is 0 Å². The summed E-state index contributed by atoms with van der Waals surface area (Å²) in [6, 6.07) is 0. The van der Waals surface area contributed by atoms with Crippen LogP contribution >= 0.6 is 0 Å². The van der Waals surface area contributed by atoms with Gasteiger partial charge in [0.1, 0.15) is 0 Å². The van der Waals surface area contributed by atoms with E-state index in [1.165, 1.54) is 0 Å². The van der Waals surface area contributed by atoms with Crippen molar-refractivity contribution in [1.82, 2.24) is 0 Å². The maximum Gasteiger partial charge on any atom is 0.166 e. The van der Waals surface area contributed by atoms with Gasteiger partial charge < -0.3 is 22.9 Å². The zero-order valence-electron chi connectivity index (χ0n) is 12.4. The average molecular weight is 288 g/mol. The number of carbonyl (C=O) groups is 4. The molecule has 116 valence electrons. The van der Waals surface area contributed by atoms with E-state index in [0.29, 0.717) is 13.1 Å². The molecule has 0 heterocycles. The molecule has 0 bridgehead atoms. The molecule has 0 unspecified atom stereocenters. The van der Waals surface area contributed by atoms with E-state index in [2.05, 4.69) is 0 Å². The van der Waals surface area contributed by atoms with Crippen molar-refractivity contribution in [2.75, 3.05) is 13.1 Å². The Hall–Kier alpha value is -1.48. The molecule has 0 aliphatic rings. The molecule has 8 nitrogen and oxygen atoms in total. The Morgan fingerprint density at radius 2 is 0.800 bits per heavy atom. The molecule has 8 heteroatoms. The lowest BCUT2D eigenvalue weighted by Gasteiger charge is -2.38. The number of ketones is 4. The van der Waals surface area contributed by atoms with E-state index in [0.717, 1.165) is 27.7 Å². The molecule has 0 saturated carbocycles. The Morgan fingerprint density at radius 3 is 0.850 bits per heavy atom. The summed E-state index contributed by atoms with van der Waals surface area (Å²) in [7, 11) is 0. The van der Waals surface area contributed by atoms with E-state index < -0.39 is 34.2 Å². The SMILES string of the molecule is CC(=O)C(N)(C(C)=O)C(N)(C(C)=O)C(C)=O.NCCN. The van der Waals surface area contributed by atoms with E-state index in [1.54, 1.807) is 0 Å². The summed E-state index contributed by atoms with van der Waals surface area (Å²) >= 11 is 0. The Bertz CT molecular complexity index is 340. The molecule has 0 spiro atoms. The van der Waals surface area contributed by atoms with Gasteiger partial charge in [-0.25, -0.2) is 0 Å². The molecule has 0 aliphatic carbocycles. The van der Waals surface area contributed by atoms with Gasteiger partial charge in [0, 0.05) is 13.1 Å². The second-order valence-corrected chi connectivity index (χ2v) is 4.42. The van der Waals surface area contributed by atoms with Crippen LogP contribution in [-0.4, -0.2) is 47.3 Å². The topological polar surface area (TPSA) is 172 Å². The molecule has 0 aromatic rings. The summed E-state index contributed by atoms with van der Waals surface area (Å²) in [4.78, 5) is 45.7. The van der Waals surface area contributed by atoms with Crippen LogP contribution in [0.4, 0.5) is 0 Å². The molecule has 0 aromatic heterocycles. The van der Waals surface area contributed by atoms with Crippen LogP contribution in [0.3, 0.4) is 0 Å². The van der Waals surface area contributed by atoms with Gasteiger partial charge in [-0.05, 0) is 27.7 Å². The predicted molar refractivity (Wildman–Crippen MR) is 74.7 cm³/mol. The van der Waals surface area contributed by atoms with Gasteiger partial charge in [0.25, 0.3) is 0 Å². The van der Waals surface area contributed by atoms with Crippen LogP contribution in [0, 0.1) is 0 Å². The number of nitrogens with two attached hydrogens (primary N) is 4. The van der Waals surface area contributed by atoms with Gasteiger partial charge in [-0.2, -0.15) is 0 Å². The molecule has 0 amide bonds. The molecule has 0 saturated heterocycles. The Balaban J connectivity index is 0. The van der Waals surface area contributed by atoms with E-state index in [-0.39, 0.29) is 0 Å². The van der Waals surface area contributed by atoms with Crippen molar-refractivity contribution in [3.63, 3.8) is 0 Å². The van der Waals surface area contributed by atoms with Gasteiger partial charge in [0.15, 0.2) is 34.2 Å². The first-order valence-electron chi connectivity index (χ1n) is 5.96. The van der Waals surface area contributed by atoms with Crippen LogP contribution in [0.1, 0.15) is 27.7 Å². The maximum absolute atomic E-state index is 11.4. The molecule has 20 heavy (non-hydrogen) atoms. The third kappa shape index (κ3) is 3.76. The summed E-state index contributed by atoms with van der Waals surface area (Å²) in [6.45, 7) is 5.29. The monoisotopic (exact) mass is 288 g/mol. The summed E-state index contributed by atoms with van der Waals surface area (Å²) in [6.07, 6.45) is 0. The standard InChI is InChI=1S/C10H16N2O4.C2H8N2/c1-5(13)9(11,6(2)14)10(12,7(3)15)8(4)16;3-1-2-4/h11-12H2,1-4H3;1-4H2. The number of hydrogen-bond acceptors (Lipinski definition) is 8. The molecule has 0 rings (SSSR count). The summed E-state index contributed by atoms with van der Waals surface area (Å²) in [5.41, 5.74) is 16.4. The van der Waals surface area contributed by atoms with Crippen LogP contribution in [0.2, 0.25) is 0 Å². The molecule has 0 aliphatic heterocycles. The predicted octanol–water partition coefficient (Wildman–Crippen LogP) is -2.36. The van der Waals surface area contributed by atoms with Crippen molar-refractivity contribution in [2.24, 2.45) is 22.9 Å². The van der Waals surface area contributed by atoms with E-state index in [1.807, 2.05) is 0 Å². The highest BCUT2D eigenvalue weighted by atomic mass is 16.2. The molecular weight excluding hydrogens is 264 g/mol. The molecule has 0 atom stereocenters. The minimum absolute atomic E-state index is 0.597. The van der Waals surface area contributed by atoms with Crippen molar-refractivity contribution in [1.29, 1.82) is 0 Å². The third-order valence-electron chi connectivity index (χ3n) is 3.01. The number of carbonyl (C=O) groups excluding carboxylic acids is 4. The lowest BCUT2D eigenvalue weighted by Crippen LogP contribution is -2.78. The fourth-order valence-electron chi connectivity index (χ4n) is 1.61. The van der Waals surface area contributed by atoms with Crippen LogP contribution in [0.25, 0.3) is 0 Å².